The van der Waals surface area contributed by atoms with Crippen LogP contribution in [-0.4, -0.2) is 38.2 Å². The van der Waals surface area contributed by atoms with Gasteiger partial charge in [0.15, 0.2) is 17.6 Å². The molecule has 0 aromatic heterocycles. The lowest BCUT2D eigenvalue weighted by molar-refractivity contribution is -0.128. The standard InChI is InChI=1S/C17H24ClNO5/c1-5-7-8-23-15-13(18)9-12(10-14(15)22-4)17(21)24-11(3)16(20)19-6-2/h9-11H,5-8H2,1-4H3,(H,19,20)/t11-/m0/s1. The van der Waals surface area contributed by atoms with E-state index in [9.17, 15) is 9.59 Å². The number of benzene rings is 1. The van der Waals surface area contributed by atoms with Crippen molar-refractivity contribution in [2.45, 2.75) is 39.7 Å². The molecule has 1 aromatic rings. The lowest BCUT2D eigenvalue weighted by Crippen LogP contribution is -2.35. The number of methoxy groups -OCH3 is 1. The van der Waals surface area contributed by atoms with Gasteiger partial charge in [0.1, 0.15) is 0 Å². The van der Waals surface area contributed by atoms with Gasteiger partial charge in [-0.3, -0.25) is 4.79 Å². The highest BCUT2D eigenvalue weighted by Gasteiger charge is 2.21. The SMILES string of the molecule is CCCCOc1c(Cl)cc(C(=O)O[C@@H](C)C(=O)NCC)cc1OC. The third-order valence-electron chi connectivity index (χ3n) is 3.21. The molecule has 0 saturated carbocycles. The Balaban J connectivity index is 2.90. The van der Waals surface area contributed by atoms with Crippen LogP contribution in [0.25, 0.3) is 0 Å². The van der Waals surface area contributed by atoms with E-state index in [0.717, 1.165) is 12.8 Å². The van der Waals surface area contributed by atoms with E-state index in [4.69, 9.17) is 25.8 Å². The zero-order valence-electron chi connectivity index (χ0n) is 14.5. The number of hydrogen-bond donors (Lipinski definition) is 1. The van der Waals surface area contributed by atoms with Crippen LogP contribution in [0.2, 0.25) is 5.02 Å². The van der Waals surface area contributed by atoms with Crippen molar-refractivity contribution in [2.75, 3.05) is 20.3 Å². The molecule has 0 heterocycles. The predicted molar refractivity (Wildman–Crippen MR) is 92.0 cm³/mol. The number of carbonyl (C=O) groups is 2. The zero-order chi connectivity index (χ0) is 18.1. The number of amides is 1. The summed E-state index contributed by atoms with van der Waals surface area (Å²) in [6, 6.07) is 2.93. The van der Waals surface area contributed by atoms with Gasteiger partial charge < -0.3 is 19.5 Å². The molecule has 1 rings (SSSR count). The maximum absolute atomic E-state index is 12.2. The number of nitrogens with one attached hydrogen (secondary N) is 1. The summed E-state index contributed by atoms with van der Waals surface area (Å²) in [5.74, 6) is -0.283. The van der Waals surface area contributed by atoms with Gasteiger partial charge in [0.25, 0.3) is 5.91 Å². The molecule has 0 spiro atoms. The van der Waals surface area contributed by atoms with Gasteiger partial charge in [0.2, 0.25) is 0 Å². The van der Waals surface area contributed by atoms with Gasteiger partial charge in [-0.2, -0.15) is 0 Å². The molecule has 0 radical (unpaired) electrons. The number of unbranched alkanes of at least 4 members (excludes halogenated alkanes) is 1. The molecule has 0 saturated heterocycles. The van der Waals surface area contributed by atoms with E-state index < -0.39 is 12.1 Å². The highest BCUT2D eigenvalue weighted by Crippen LogP contribution is 2.36. The zero-order valence-corrected chi connectivity index (χ0v) is 15.2. The Morgan fingerprint density at radius 3 is 2.58 bits per heavy atom. The molecule has 0 unspecified atom stereocenters. The van der Waals surface area contributed by atoms with Gasteiger partial charge in [0.05, 0.1) is 24.3 Å². The molecule has 7 heteroatoms. The summed E-state index contributed by atoms with van der Waals surface area (Å²) in [4.78, 5) is 23.8. The van der Waals surface area contributed by atoms with E-state index in [0.29, 0.717) is 24.7 Å². The molecule has 1 amide bonds. The fourth-order valence-electron chi connectivity index (χ4n) is 1.90. The second kappa shape index (κ2) is 10.0. The van der Waals surface area contributed by atoms with E-state index in [2.05, 4.69) is 12.2 Å². The van der Waals surface area contributed by atoms with Gasteiger partial charge in [-0.05, 0) is 32.4 Å². The number of ether oxygens (including phenoxy) is 3. The largest absolute Gasteiger partial charge is 0.493 e. The highest BCUT2D eigenvalue weighted by molar-refractivity contribution is 6.32. The Labute approximate surface area is 147 Å². The van der Waals surface area contributed by atoms with Gasteiger partial charge in [-0.1, -0.05) is 24.9 Å². The first kappa shape index (κ1) is 20.1. The van der Waals surface area contributed by atoms with E-state index >= 15 is 0 Å². The van der Waals surface area contributed by atoms with Crippen molar-refractivity contribution in [1.82, 2.24) is 5.32 Å². The molecule has 0 aliphatic carbocycles. The Hall–Kier alpha value is -1.95. The number of carbonyl (C=O) groups excluding carboxylic acids is 2. The van der Waals surface area contributed by atoms with Crippen LogP contribution in [0.15, 0.2) is 12.1 Å². The molecular weight excluding hydrogens is 334 g/mol. The maximum Gasteiger partial charge on any atom is 0.339 e. The van der Waals surface area contributed by atoms with Crippen LogP contribution >= 0.6 is 11.6 Å². The predicted octanol–water partition coefficient (Wildman–Crippen LogP) is 3.21. The van der Waals surface area contributed by atoms with E-state index in [1.165, 1.54) is 26.2 Å². The number of halogens is 1. The first-order chi connectivity index (χ1) is 11.4. The first-order valence-electron chi connectivity index (χ1n) is 7.93. The van der Waals surface area contributed by atoms with Crippen LogP contribution in [0.5, 0.6) is 11.5 Å². The van der Waals surface area contributed by atoms with Gasteiger partial charge in [-0.25, -0.2) is 4.79 Å². The van der Waals surface area contributed by atoms with Crippen molar-refractivity contribution in [3.63, 3.8) is 0 Å². The van der Waals surface area contributed by atoms with Gasteiger partial charge >= 0.3 is 5.97 Å². The quantitative estimate of drug-likeness (QED) is 0.542. The minimum absolute atomic E-state index is 0.191. The molecule has 1 atom stereocenters. The van der Waals surface area contributed by atoms with Crippen LogP contribution in [0.4, 0.5) is 0 Å². The summed E-state index contributed by atoms with van der Waals surface area (Å²) in [5, 5.41) is 2.84. The molecule has 0 bridgehead atoms. The van der Waals surface area contributed by atoms with E-state index in [1.54, 1.807) is 6.92 Å². The fourth-order valence-corrected chi connectivity index (χ4v) is 2.16. The van der Waals surface area contributed by atoms with Crippen molar-refractivity contribution in [2.24, 2.45) is 0 Å². The summed E-state index contributed by atoms with van der Waals surface area (Å²) < 4.78 is 16.0. The summed E-state index contributed by atoms with van der Waals surface area (Å²) in [5.41, 5.74) is 0.191. The Bertz CT molecular complexity index is 576. The topological polar surface area (TPSA) is 73.9 Å². The highest BCUT2D eigenvalue weighted by atomic mass is 35.5. The molecule has 1 N–H and O–H groups in total. The molecule has 0 fully saturated rings. The molecule has 134 valence electrons. The average molecular weight is 358 g/mol. The molecule has 24 heavy (non-hydrogen) atoms. The van der Waals surface area contributed by atoms with Crippen LogP contribution in [0.1, 0.15) is 44.0 Å². The molecule has 1 aromatic carbocycles. The normalized spacial score (nSPS) is 11.5. The van der Waals surface area contributed by atoms with Gasteiger partial charge in [-0.15, -0.1) is 0 Å². The minimum Gasteiger partial charge on any atom is -0.493 e. The summed E-state index contributed by atoms with van der Waals surface area (Å²) in [6.45, 7) is 6.31. The third-order valence-corrected chi connectivity index (χ3v) is 3.49. The Morgan fingerprint density at radius 2 is 2.00 bits per heavy atom. The number of hydrogen-bond acceptors (Lipinski definition) is 5. The number of rotatable bonds is 9. The minimum atomic E-state index is -0.900. The van der Waals surface area contributed by atoms with Crippen LogP contribution in [-0.2, 0) is 9.53 Å². The lowest BCUT2D eigenvalue weighted by Gasteiger charge is -2.15. The average Bonchev–Trinajstić information content (AvgIpc) is 2.56. The second-order valence-electron chi connectivity index (χ2n) is 5.13. The van der Waals surface area contributed by atoms with Crippen molar-refractivity contribution < 1.29 is 23.8 Å². The second-order valence-corrected chi connectivity index (χ2v) is 5.54. The van der Waals surface area contributed by atoms with Crippen molar-refractivity contribution in [1.29, 1.82) is 0 Å². The van der Waals surface area contributed by atoms with Crippen molar-refractivity contribution in [3.05, 3.63) is 22.7 Å². The van der Waals surface area contributed by atoms with E-state index in [1.807, 2.05) is 0 Å². The number of esters is 1. The molecule has 0 aliphatic heterocycles. The maximum atomic E-state index is 12.2. The molecule has 6 nitrogen and oxygen atoms in total. The first-order valence-corrected chi connectivity index (χ1v) is 8.31. The van der Waals surface area contributed by atoms with Crippen LogP contribution in [0.3, 0.4) is 0 Å². The summed E-state index contributed by atoms with van der Waals surface area (Å²) in [7, 11) is 1.46. The monoisotopic (exact) mass is 357 g/mol. The van der Waals surface area contributed by atoms with Crippen molar-refractivity contribution >= 4 is 23.5 Å². The van der Waals surface area contributed by atoms with Crippen LogP contribution < -0.4 is 14.8 Å². The summed E-state index contributed by atoms with van der Waals surface area (Å²) in [6.07, 6.45) is 0.970. The van der Waals surface area contributed by atoms with Crippen LogP contribution in [0, 0.1) is 0 Å². The Kier molecular flexibility index (Phi) is 8.40. The van der Waals surface area contributed by atoms with Gasteiger partial charge in [0, 0.05) is 6.54 Å². The summed E-state index contributed by atoms with van der Waals surface area (Å²) >= 11 is 6.19. The number of likely N-dealkylation sites (N-methyl/N-ethyl adjacent to an activating group) is 1. The molecule has 0 aliphatic rings. The third kappa shape index (κ3) is 5.60. The fraction of sp³-hybridized carbons (Fsp3) is 0.529. The van der Waals surface area contributed by atoms with E-state index in [-0.39, 0.29) is 16.5 Å². The lowest BCUT2D eigenvalue weighted by atomic mass is 10.2. The molecular formula is C17H24ClNO5. The Morgan fingerprint density at radius 1 is 1.29 bits per heavy atom. The smallest absolute Gasteiger partial charge is 0.339 e. The van der Waals surface area contributed by atoms with Crippen molar-refractivity contribution in [3.8, 4) is 11.5 Å².